The van der Waals surface area contributed by atoms with Crippen LogP contribution in [0.15, 0.2) is 0 Å². The molecule has 15 heavy (non-hydrogen) atoms. The number of alkyl halides is 3. The van der Waals surface area contributed by atoms with Crippen LogP contribution in [-0.4, -0.2) is 30.1 Å². The van der Waals surface area contributed by atoms with Crippen LogP contribution in [-0.2, 0) is 4.74 Å². The van der Waals surface area contributed by atoms with Gasteiger partial charge < -0.3 is 9.84 Å². The molecule has 0 bridgehead atoms. The lowest BCUT2D eigenvalue weighted by atomic mass is 9.76. The molecule has 1 N–H and O–H groups in total. The van der Waals surface area contributed by atoms with Crippen LogP contribution in [0.3, 0.4) is 0 Å². The molecule has 0 heterocycles. The van der Waals surface area contributed by atoms with Crippen LogP contribution in [0.5, 0.6) is 0 Å². The number of hydrogen-bond donors (Lipinski definition) is 1. The minimum Gasteiger partial charge on any atom is -0.393 e. The van der Waals surface area contributed by atoms with E-state index in [9.17, 15) is 18.3 Å². The third-order valence-electron chi connectivity index (χ3n) is 3.46. The predicted octanol–water partition coefficient (Wildman–Crippen LogP) is 2.50. The van der Waals surface area contributed by atoms with E-state index in [1.807, 2.05) is 0 Å². The Morgan fingerprint density at radius 1 is 1.13 bits per heavy atom. The largest absolute Gasteiger partial charge is 0.417 e. The average molecular weight is 226 g/mol. The topological polar surface area (TPSA) is 29.5 Å². The van der Waals surface area contributed by atoms with Gasteiger partial charge in [-0.1, -0.05) is 0 Å². The Morgan fingerprint density at radius 2 is 1.60 bits per heavy atom. The average Bonchev–Trinajstić information content (AvgIpc) is 2.16. The summed E-state index contributed by atoms with van der Waals surface area (Å²) in [6.45, 7) is 1.09. The first-order valence-electron chi connectivity index (χ1n) is 5.11. The lowest BCUT2D eigenvalue weighted by Crippen LogP contribution is -2.51. The summed E-state index contributed by atoms with van der Waals surface area (Å²) in [5, 5.41) is 9.25. The maximum atomic E-state index is 12.8. The normalized spacial score (nSPS) is 32.4. The highest BCUT2D eigenvalue weighted by Crippen LogP contribution is 2.44. The monoisotopic (exact) mass is 226 g/mol. The zero-order valence-corrected chi connectivity index (χ0v) is 8.97. The molecular weight excluding hydrogens is 209 g/mol. The van der Waals surface area contributed by atoms with Crippen molar-refractivity contribution in [1.82, 2.24) is 0 Å². The third kappa shape index (κ3) is 2.45. The molecule has 2 nitrogen and oxygen atoms in total. The number of rotatable bonds is 2. The quantitative estimate of drug-likeness (QED) is 0.784. The lowest BCUT2D eigenvalue weighted by molar-refractivity contribution is -0.285. The van der Waals surface area contributed by atoms with Crippen LogP contribution in [0.2, 0.25) is 0 Å². The minimum atomic E-state index is -4.35. The molecule has 0 amide bonds. The van der Waals surface area contributed by atoms with Crippen LogP contribution in [0.1, 0.15) is 32.6 Å². The van der Waals surface area contributed by atoms with Crippen molar-refractivity contribution in [2.75, 3.05) is 7.11 Å². The number of methoxy groups -OCH3 is 1. The SMILES string of the molecule is COC(C)(C1CCC(O)CC1)C(F)(F)F. The number of aliphatic hydroxyl groups is 1. The first-order chi connectivity index (χ1) is 6.81. The van der Waals surface area contributed by atoms with Crippen molar-refractivity contribution in [2.45, 2.75) is 50.5 Å². The van der Waals surface area contributed by atoms with Crippen molar-refractivity contribution >= 4 is 0 Å². The van der Waals surface area contributed by atoms with E-state index in [1.54, 1.807) is 0 Å². The van der Waals surface area contributed by atoms with Crippen molar-refractivity contribution in [3.05, 3.63) is 0 Å². The van der Waals surface area contributed by atoms with Crippen molar-refractivity contribution in [2.24, 2.45) is 5.92 Å². The molecule has 1 rings (SSSR count). The van der Waals surface area contributed by atoms with Gasteiger partial charge >= 0.3 is 6.18 Å². The maximum absolute atomic E-state index is 12.8. The van der Waals surface area contributed by atoms with E-state index in [0.29, 0.717) is 25.7 Å². The van der Waals surface area contributed by atoms with Crippen LogP contribution in [0.25, 0.3) is 0 Å². The van der Waals surface area contributed by atoms with Gasteiger partial charge in [0, 0.05) is 7.11 Å². The first kappa shape index (κ1) is 12.8. The highest BCUT2D eigenvalue weighted by molar-refractivity contribution is 4.93. The Hall–Kier alpha value is -0.290. The number of aliphatic hydroxyl groups excluding tert-OH is 1. The van der Waals surface area contributed by atoms with Crippen LogP contribution in [0, 0.1) is 5.92 Å². The summed E-state index contributed by atoms with van der Waals surface area (Å²) in [4.78, 5) is 0. The second kappa shape index (κ2) is 4.29. The van der Waals surface area contributed by atoms with E-state index >= 15 is 0 Å². The molecule has 0 aromatic carbocycles. The van der Waals surface area contributed by atoms with Crippen LogP contribution >= 0.6 is 0 Å². The van der Waals surface area contributed by atoms with E-state index in [4.69, 9.17) is 0 Å². The molecule has 0 spiro atoms. The number of ether oxygens (including phenoxy) is 1. The molecule has 0 aromatic heterocycles. The highest BCUT2D eigenvalue weighted by atomic mass is 19.4. The van der Waals surface area contributed by atoms with Gasteiger partial charge in [-0.15, -0.1) is 0 Å². The van der Waals surface area contributed by atoms with Crippen LogP contribution in [0.4, 0.5) is 13.2 Å². The predicted molar refractivity (Wildman–Crippen MR) is 49.4 cm³/mol. The molecule has 1 aliphatic rings. The van der Waals surface area contributed by atoms with E-state index in [1.165, 1.54) is 0 Å². The number of halogens is 3. The Morgan fingerprint density at radius 3 is 1.93 bits per heavy atom. The second-order valence-corrected chi connectivity index (χ2v) is 4.31. The first-order valence-corrected chi connectivity index (χ1v) is 5.11. The van der Waals surface area contributed by atoms with Gasteiger partial charge in [-0.2, -0.15) is 13.2 Å². The molecule has 0 saturated heterocycles. The Balaban J connectivity index is 2.74. The van der Waals surface area contributed by atoms with Gasteiger partial charge in [0.15, 0.2) is 5.60 Å². The molecule has 1 atom stereocenters. The van der Waals surface area contributed by atoms with E-state index < -0.39 is 23.8 Å². The lowest BCUT2D eigenvalue weighted by Gasteiger charge is -2.40. The number of hydrogen-bond acceptors (Lipinski definition) is 2. The molecule has 1 aliphatic carbocycles. The summed E-state index contributed by atoms with van der Waals surface area (Å²) in [7, 11) is 1.10. The van der Waals surface area contributed by atoms with Crippen molar-refractivity contribution in [3.8, 4) is 0 Å². The van der Waals surface area contributed by atoms with Crippen molar-refractivity contribution < 1.29 is 23.0 Å². The minimum absolute atomic E-state index is 0.366. The molecule has 90 valence electrons. The van der Waals surface area contributed by atoms with E-state index in [-0.39, 0.29) is 0 Å². The molecule has 1 unspecified atom stereocenters. The smallest absolute Gasteiger partial charge is 0.393 e. The summed E-state index contributed by atoms with van der Waals surface area (Å²) < 4.78 is 43.1. The maximum Gasteiger partial charge on any atom is 0.417 e. The summed E-state index contributed by atoms with van der Waals surface area (Å²) in [5.74, 6) is -0.550. The molecule has 0 radical (unpaired) electrons. The Kier molecular flexibility index (Phi) is 3.66. The molecule has 0 aliphatic heterocycles. The zero-order valence-electron chi connectivity index (χ0n) is 8.97. The standard InChI is InChI=1S/C10H17F3O2/c1-9(15-2,10(11,12)13)7-3-5-8(14)6-4-7/h7-8,14H,3-6H2,1-2H3. The van der Waals surface area contributed by atoms with Gasteiger partial charge in [0.25, 0.3) is 0 Å². The Labute approximate surface area is 87.4 Å². The fraction of sp³-hybridized carbons (Fsp3) is 1.00. The van der Waals surface area contributed by atoms with Gasteiger partial charge in [0.1, 0.15) is 0 Å². The Bertz CT molecular complexity index is 209. The molecule has 1 fully saturated rings. The van der Waals surface area contributed by atoms with Gasteiger partial charge in [-0.05, 0) is 38.5 Å². The fourth-order valence-corrected chi connectivity index (χ4v) is 2.14. The third-order valence-corrected chi connectivity index (χ3v) is 3.46. The van der Waals surface area contributed by atoms with Gasteiger partial charge in [-0.25, -0.2) is 0 Å². The summed E-state index contributed by atoms with van der Waals surface area (Å²) in [6, 6.07) is 0. The van der Waals surface area contributed by atoms with E-state index in [2.05, 4.69) is 4.74 Å². The second-order valence-electron chi connectivity index (χ2n) is 4.31. The van der Waals surface area contributed by atoms with Gasteiger partial charge in [0.2, 0.25) is 0 Å². The molecule has 5 heteroatoms. The summed E-state index contributed by atoms with van der Waals surface area (Å²) >= 11 is 0. The van der Waals surface area contributed by atoms with Gasteiger partial charge in [0.05, 0.1) is 6.10 Å². The summed E-state index contributed by atoms with van der Waals surface area (Å²) in [5.41, 5.74) is -2.08. The molecule has 1 saturated carbocycles. The van der Waals surface area contributed by atoms with Crippen molar-refractivity contribution in [3.63, 3.8) is 0 Å². The van der Waals surface area contributed by atoms with Gasteiger partial charge in [-0.3, -0.25) is 0 Å². The molecular formula is C10H17F3O2. The van der Waals surface area contributed by atoms with E-state index in [0.717, 1.165) is 14.0 Å². The summed E-state index contributed by atoms with van der Waals surface area (Å²) in [6.07, 6.45) is -3.21. The van der Waals surface area contributed by atoms with Crippen molar-refractivity contribution in [1.29, 1.82) is 0 Å². The van der Waals surface area contributed by atoms with Crippen LogP contribution < -0.4 is 0 Å². The zero-order chi connectivity index (χ0) is 11.7. The molecule has 0 aromatic rings. The fourth-order valence-electron chi connectivity index (χ4n) is 2.14. The highest BCUT2D eigenvalue weighted by Gasteiger charge is 2.56.